The highest BCUT2D eigenvalue weighted by Gasteiger charge is 2.19. The molecule has 0 bridgehead atoms. The molecule has 3 heteroatoms. The number of halogens is 1. The topological polar surface area (TPSA) is 12.0 Å². The molecular formula is C13H18INS. The monoisotopic (exact) mass is 347 g/mol. The molecule has 1 heterocycles. The van der Waals surface area contributed by atoms with Crippen LogP contribution in [0.4, 0.5) is 0 Å². The highest BCUT2D eigenvalue weighted by atomic mass is 127. The minimum Gasteiger partial charge on any atom is -0.307 e. The van der Waals surface area contributed by atoms with Crippen LogP contribution in [0.3, 0.4) is 0 Å². The Morgan fingerprint density at radius 1 is 1.56 bits per heavy atom. The Morgan fingerprint density at radius 2 is 2.44 bits per heavy atom. The van der Waals surface area contributed by atoms with Gasteiger partial charge in [0.25, 0.3) is 0 Å². The minimum atomic E-state index is 0.474. The van der Waals surface area contributed by atoms with Gasteiger partial charge in [-0.1, -0.05) is 18.6 Å². The fourth-order valence-electron chi connectivity index (χ4n) is 2.18. The summed E-state index contributed by atoms with van der Waals surface area (Å²) < 4.78 is 1.38. The molecule has 1 aromatic heterocycles. The molecule has 0 radical (unpaired) electrons. The molecule has 0 aromatic carbocycles. The SMILES string of the molecule is CCCNC(C1=CCCC1)c1csc(I)c1. The predicted octanol–water partition coefficient (Wildman–Crippen LogP) is 4.50. The standard InChI is InChI=1S/C13H18INS/c1-2-7-15-13(10-5-3-4-6-10)11-8-12(14)16-9-11/h5,8-9,13,15H,2-4,6-7H2,1H3. The zero-order chi connectivity index (χ0) is 11.4. The quantitative estimate of drug-likeness (QED) is 0.611. The van der Waals surface area contributed by atoms with Crippen LogP contribution < -0.4 is 5.32 Å². The summed E-state index contributed by atoms with van der Waals surface area (Å²) in [7, 11) is 0. The van der Waals surface area contributed by atoms with E-state index in [1.165, 1.54) is 34.1 Å². The molecule has 2 rings (SSSR count). The first-order chi connectivity index (χ1) is 7.81. The summed E-state index contributed by atoms with van der Waals surface area (Å²) in [6.45, 7) is 3.33. The van der Waals surface area contributed by atoms with Gasteiger partial charge in [-0.15, -0.1) is 11.3 Å². The van der Waals surface area contributed by atoms with Crippen LogP contribution in [0.2, 0.25) is 0 Å². The van der Waals surface area contributed by atoms with Crippen molar-refractivity contribution in [2.75, 3.05) is 6.54 Å². The lowest BCUT2D eigenvalue weighted by atomic mass is 10.0. The lowest BCUT2D eigenvalue weighted by Crippen LogP contribution is -2.23. The van der Waals surface area contributed by atoms with Gasteiger partial charge in [-0.25, -0.2) is 0 Å². The van der Waals surface area contributed by atoms with Crippen LogP contribution in [-0.4, -0.2) is 6.54 Å². The maximum Gasteiger partial charge on any atom is 0.0656 e. The van der Waals surface area contributed by atoms with Gasteiger partial charge in [-0.2, -0.15) is 0 Å². The van der Waals surface area contributed by atoms with E-state index in [-0.39, 0.29) is 0 Å². The number of rotatable bonds is 5. The number of nitrogens with one attached hydrogen (secondary N) is 1. The molecule has 0 aliphatic heterocycles. The van der Waals surface area contributed by atoms with Crippen molar-refractivity contribution >= 4 is 33.9 Å². The zero-order valence-corrected chi connectivity index (χ0v) is 12.6. The number of allylic oxidation sites excluding steroid dienone is 1. The summed E-state index contributed by atoms with van der Waals surface area (Å²) in [6.07, 6.45) is 7.50. The Bertz CT molecular complexity index is 370. The zero-order valence-electron chi connectivity index (χ0n) is 9.63. The van der Waals surface area contributed by atoms with Gasteiger partial charge in [0.2, 0.25) is 0 Å². The van der Waals surface area contributed by atoms with Gasteiger partial charge in [0.05, 0.1) is 8.93 Å². The summed E-state index contributed by atoms with van der Waals surface area (Å²) in [5.41, 5.74) is 3.05. The molecule has 0 spiro atoms. The Balaban J connectivity index is 2.13. The number of hydrogen-bond donors (Lipinski definition) is 1. The molecule has 1 nitrogen and oxygen atoms in total. The van der Waals surface area contributed by atoms with Gasteiger partial charge in [-0.3, -0.25) is 0 Å². The highest BCUT2D eigenvalue weighted by Crippen LogP contribution is 2.33. The Hall–Kier alpha value is 0.130. The molecule has 0 saturated heterocycles. The average molecular weight is 347 g/mol. The Labute approximate surface area is 115 Å². The van der Waals surface area contributed by atoms with E-state index in [4.69, 9.17) is 0 Å². The van der Waals surface area contributed by atoms with Crippen LogP contribution in [-0.2, 0) is 0 Å². The van der Waals surface area contributed by atoms with Crippen molar-refractivity contribution in [3.8, 4) is 0 Å². The van der Waals surface area contributed by atoms with Crippen molar-refractivity contribution in [2.45, 2.75) is 38.6 Å². The lowest BCUT2D eigenvalue weighted by molar-refractivity contribution is 0.580. The molecule has 0 amide bonds. The Morgan fingerprint density at radius 3 is 3.00 bits per heavy atom. The van der Waals surface area contributed by atoms with Crippen molar-refractivity contribution in [1.82, 2.24) is 5.32 Å². The van der Waals surface area contributed by atoms with E-state index >= 15 is 0 Å². The third-order valence-electron chi connectivity index (χ3n) is 2.97. The third kappa shape index (κ3) is 3.08. The number of thiophene rings is 1. The summed E-state index contributed by atoms with van der Waals surface area (Å²) in [6, 6.07) is 2.79. The fraction of sp³-hybridized carbons (Fsp3) is 0.538. The van der Waals surface area contributed by atoms with Crippen molar-refractivity contribution in [3.63, 3.8) is 0 Å². The molecule has 1 N–H and O–H groups in total. The number of hydrogen-bond acceptors (Lipinski definition) is 2. The molecule has 1 unspecified atom stereocenters. The van der Waals surface area contributed by atoms with E-state index in [9.17, 15) is 0 Å². The molecule has 0 fully saturated rings. The maximum absolute atomic E-state index is 3.68. The fourth-order valence-corrected chi connectivity index (χ4v) is 3.58. The van der Waals surface area contributed by atoms with Gasteiger partial charge in [0, 0.05) is 0 Å². The van der Waals surface area contributed by atoms with Gasteiger partial charge < -0.3 is 5.32 Å². The maximum atomic E-state index is 3.68. The van der Waals surface area contributed by atoms with Crippen molar-refractivity contribution < 1.29 is 0 Å². The van der Waals surface area contributed by atoms with Crippen LogP contribution >= 0.6 is 33.9 Å². The molecule has 1 aliphatic carbocycles. The van der Waals surface area contributed by atoms with Crippen molar-refractivity contribution in [2.24, 2.45) is 0 Å². The summed E-state index contributed by atoms with van der Waals surface area (Å²) in [4.78, 5) is 0. The minimum absolute atomic E-state index is 0.474. The first-order valence-corrected chi connectivity index (χ1v) is 7.93. The lowest BCUT2D eigenvalue weighted by Gasteiger charge is -2.19. The molecule has 1 atom stereocenters. The average Bonchev–Trinajstić information content (AvgIpc) is 2.91. The van der Waals surface area contributed by atoms with Crippen molar-refractivity contribution in [3.05, 3.63) is 31.5 Å². The smallest absolute Gasteiger partial charge is 0.0656 e. The molecule has 1 aromatic rings. The van der Waals surface area contributed by atoms with Crippen LogP contribution in [0.5, 0.6) is 0 Å². The van der Waals surface area contributed by atoms with Gasteiger partial charge in [0.15, 0.2) is 0 Å². The molecule has 1 aliphatic rings. The van der Waals surface area contributed by atoms with E-state index in [1.807, 2.05) is 11.3 Å². The second-order valence-electron chi connectivity index (χ2n) is 4.24. The van der Waals surface area contributed by atoms with Gasteiger partial charge in [-0.05, 0) is 71.8 Å². The van der Waals surface area contributed by atoms with E-state index in [2.05, 4.69) is 52.4 Å². The summed E-state index contributed by atoms with van der Waals surface area (Å²) in [5.74, 6) is 0. The summed E-state index contributed by atoms with van der Waals surface area (Å²) >= 11 is 4.25. The van der Waals surface area contributed by atoms with Gasteiger partial charge in [0.1, 0.15) is 0 Å². The second kappa shape index (κ2) is 6.17. The van der Waals surface area contributed by atoms with Crippen LogP contribution in [0.25, 0.3) is 0 Å². The van der Waals surface area contributed by atoms with E-state index in [0.717, 1.165) is 6.54 Å². The van der Waals surface area contributed by atoms with E-state index < -0.39 is 0 Å². The third-order valence-corrected chi connectivity index (χ3v) is 4.77. The molecule has 88 valence electrons. The first kappa shape index (κ1) is 12.6. The van der Waals surface area contributed by atoms with E-state index in [1.54, 1.807) is 5.57 Å². The molecule has 16 heavy (non-hydrogen) atoms. The van der Waals surface area contributed by atoms with Crippen LogP contribution in [0.1, 0.15) is 44.2 Å². The molecule has 0 saturated carbocycles. The van der Waals surface area contributed by atoms with Crippen LogP contribution in [0, 0.1) is 2.88 Å². The second-order valence-corrected chi connectivity index (χ2v) is 7.05. The predicted molar refractivity (Wildman–Crippen MR) is 80.0 cm³/mol. The highest BCUT2D eigenvalue weighted by molar-refractivity contribution is 14.1. The summed E-state index contributed by atoms with van der Waals surface area (Å²) in [5, 5.41) is 5.98. The Kier molecular flexibility index (Phi) is 4.85. The van der Waals surface area contributed by atoms with Crippen molar-refractivity contribution in [1.29, 1.82) is 0 Å². The van der Waals surface area contributed by atoms with Gasteiger partial charge >= 0.3 is 0 Å². The largest absolute Gasteiger partial charge is 0.307 e. The van der Waals surface area contributed by atoms with E-state index in [0.29, 0.717) is 6.04 Å². The normalized spacial score (nSPS) is 17.5. The molecular weight excluding hydrogens is 329 g/mol. The first-order valence-electron chi connectivity index (χ1n) is 5.97. The van der Waals surface area contributed by atoms with Crippen LogP contribution in [0.15, 0.2) is 23.1 Å².